The largest absolute Gasteiger partial charge is 0.431 e. The standard InChI is InChI=1S/C22H17F2N3O2S/c1-4-14(16-9-8-12(2)18(23)19(16)24)11-30-13(3)26-21(28)22-27-17-7-5-6-15(10-25)20(17)29-22/h4-9,11,13H,1H2,2-3H3,(H,26,28)/b14-11+. The third-order valence-electron chi connectivity index (χ3n) is 4.27. The minimum atomic E-state index is -0.946. The molecule has 0 aliphatic carbocycles. The van der Waals surface area contributed by atoms with Gasteiger partial charge in [-0.2, -0.15) is 5.26 Å². The van der Waals surface area contributed by atoms with Gasteiger partial charge in [0.05, 0.1) is 10.9 Å². The summed E-state index contributed by atoms with van der Waals surface area (Å²) in [5.41, 5.74) is 1.62. The number of hydrogen-bond donors (Lipinski definition) is 1. The summed E-state index contributed by atoms with van der Waals surface area (Å²) in [5.74, 6) is -2.58. The predicted molar refractivity (Wildman–Crippen MR) is 113 cm³/mol. The lowest BCUT2D eigenvalue weighted by Crippen LogP contribution is -2.30. The number of nitrogens with zero attached hydrogens (tertiary/aromatic N) is 2. The third-order valence-corrected chi connectivity index (χ3v) is 5.19. The SMILES string of the molecule is C=C/C(=C\SC(C)NC(=O)c1nc2cccc(C#N)c2o1)c1ccc(C)c(F)c1F. The number of aromatic nitrogens is 1. The van der Waals surface area contributed by atoms with Gasteiger partial charge in [0.15, 0.2) is 17.2 Å². The maximum atomic E-state index is 14.2. The summed E-state index contributed by atoms with van der Waals surface area (Å²) in [5, 5.41) is 13.0. The fourth-order valence-corrected chi connectivity index (χ4v) is 3.43. The van der Waals surface area contributed by atoms with Gasteiger partial charge in [-0.15, -0.1) is 11.8 Å². The molecule has 0 aliphatic rings. The number of carbonyl (C=O) groups is 1. The molecule has 0 saturated heterocycles. The Morgan fingerprint density at radius 2 is 2.10 bits per heavy atom. The van der Waals surface area contributed by atoms with Crippen molar-refractivity contribution < 1.29 is 18.0 Å². The first-order valence-corrected chi connectivity index (χ1v) is 9.83. The van der Waals surface area contributed by atoms with Crippen LogP contribution in [0.3, 0.4) is 0 Å². The van der Waals surface area contributed by atoms with E-state index in [1.807, 2.05) is 6.07 Å². The number of halogens is 2. The van der Waals surface area contributed by atoms with Gasteiger partial charge < -0.3 is 9.73 Å². The number of nitriles is 1. The molecule has 1 amide bonds. The zero-order valence-electron chi connectivity index (χ0n) is 16.2. The number of rotatable bonds is 6. The van der Waals surface area contributed by atoms with Crippen molar-refractivity contribution in [2.75, 3.05) is 0 Å². The molecular weight excluding hydrogens is 408 g/mol. The minimum Gasteiger partial charge on any atom is -0.431 e. The van der Waals surface area contributed by atoms with Crippen molar-refractivity contribution in [3.63, 3.8) is 0 Å². The van der Waals surface area contributed by atoms with Crippen LogP contribution in [0.25, 0.3) is 16.7 Å². The second-order valence-electron chi connectivity index (χ2n) is 6.37. The minimum absolute atomic E-state index is 0.0853. The topological polar surface area (TPSA) is 78.9 Å². The van der Waals surface area contributed by atoms with Gasteiger partial charge in [0.1, 0.15) is 11.6 Å². The molecule has 2 aromatic carbocycles. The molecule has 1 atom stereocenters. The lowest BCUT2D eigenvalue weighted by Gasteiger charge is -2.11. The Kier molecular flexibility index (Phi) is 6.33. The summed E-state index contributed by atoms with van der Waals surface area (Å²) < 4.78 is 33.5. The molecular formula is C22H17F2N3O2S. The summed E-state index contributed by atoms with van der Waals surface area (Å²) in [6.07, 6.45) is 1.42. The van der Waals surface area contributed by atoms with Crippen LogP contribution in [0.15, 0.2) is 52.8 Å². The Hall–Kier alpha value is -3.44. The highest BCUT2D eigenvalue weighted by atomic mass is 32.2. The lowest BCUT2D eigenvalue weighted by atomic mass is 10.0. The highest BCUT2D eigenvalue weighted by Crippen LogP contribution is 2.27. The average molecular weight is 425 g/mol. The normalized spacial score (nSPS) is 12.4. The van der Waals surface area contributed by atoms with Crippen molar-refractivity contribution in [1.29, 1.82) is 5.26 Å². The summed E-state index contributed by atoms with van der Waals surface area (Å²) in [4.78, 5) is 16.5. The monoisotopic (exact) mass is 425 g/mol. The average Bonchev–Trinajstić information content (AvgIpc) is 3.18. The van der Waals surface area contributed by atoms with Gasteiger partial charge in [-0.3, -0.25) is 4.79 Å². The zero-order chi connectivity index (χ0) is 21.8. The van der Waals surface area contributed by atoms with Gasteiger partial charge >= 0.3 is 5.91 Å². The van der Waals surface area contributed by atoms with Gasteiger partial charge in [0.2, 0.25) is 0 Å². The van der Waals surface area contributed by atoms with Crippen LogP contribution >= 0.6 is 11.8 Å². The molecule has 3 rings (SSSR count). The van der Waals surface area contributed by atoms with E-state index in [2.05, 4.69) is 16.9 Å². The van der Waals surface area contributed by atoms with Crippen LogP contribution in [0.5, 0.6) is 0 Å². The Labute approximate surface area is 176 Å². The molecule has 0 aliphatic heterocycles. The second-order valence-corrected chi connectivity index (χ2v) is 7.59. The maximum absolute atomic E-state index is 14.2. The van der Waals surface area contributed by atoms with Gasteiger partial charge in [0, 0.05) is 5.56 Å². The van der Waals surface area contributed by atoms with Gasteiger partial charge in [-0.05, 0) is 42.5 Å². The van der Waals surface area contributed by atoms with E-state index < -0.39 is 22.9 Å². The van der Waals surface area contributed by atoms with E-state index in [-0.39, 0.29) is 28.2 Å². The molecule has 1 unspecified atom stereocenters. The Morgan fingerprint density at radius 1 is 1.33 bits per heavy atom. The molecule has 0 radical (unpaired) electrons. The van der Waals surface area contributed by atoms with Crippen LogP contribution in [0.2, 0.25) is 0 Å². The predicted octanol–water partition coefficient (Wildman–Crippen LogP) is 5.32. The number of carbonyl (C=O) groups excluding carboxylic acids is 1. The molecule has 152 valence electrons. The van der Waals surface area contributed by atoms with Gasteiger partial charge in [-0.25, -0.2) is 13.8 Å². The van der Waals surface area contributed by atoms with E-state index in [4.69, 9.17) is 9.68 Å². The number of hydrogen-bond acceptors (Lipinski definition) is 5. The molecule has 1 aromatic heterocycles. The Morgan fingerprint density at radius 3 is 2.80 bits per heavy atom. The molecule has 1 heterocycles. The first-order chi connectivity index (χ1) is 14.3. The van der Waals surface area contributed by atoms with E-state index >= 15 is 0 Å². The molecule has 8 heteroatoms. The smallest absolute Gasteiger partial charge is 0.308 e. The molecule has 30 heavy (non-hydrogen) atoms. The fraction of sp³-hybridized carbons (Fsp3) is 0.136. The molecule has 1 N–H and O–H groups in total. The molecule has 0 spiro atoms. The van der Waals surface area contributed by atoms with Crippen LogP contribution in [0.4, 0.5) is 8.78 Å². The van der Waals surface area contributed by atoms with Crippen LogP contribution in [0.1, 0.15) is 34.3 Å². The number of fused-ring (bicyclic) bond motifs is 1. The van der Waals surface area contributed by atoms with Crippen molar-refractivity contribution in [3.05, 3.63) is 82.6 Å². The van der Waals surface area contributed by atoms with Crippen LogP contribution in [-0.2, 0) is 0 Å². The summed E-state index contributed by atoms with van der Waals surface area (Å²) in [7, 11) is 0. The molecule has 0 saturated carbocycles. The Bertz CT molecular complexity index is 1210. The van der Waals surface area contributed by atoms with Crippen molar-refractivity contribution in [1.82, 2.24) is 10.3 Å². The second kappa shape index (κ2) is 8.93. The number of aryl methyl sites for hydroxylation is 1. The summed E-state index contributed by atoms with van der Waals surface area (Å²) in [6, 6.07) is 9.82. The van der Waals surface area contributed by atoms with Crippen LogP contribution in [-0.4, -0.2) is 16.3 Å². The van der Waals surface area contributed by atoms with E-state index in [0.717, 1.165) is 0 Å². The first-order valence-electron chi connectivity index (χ1n) is 8.89. The van der Waals surface area contributed by atoms with Gasteiger partial charge in [-0.1, -0.05) is 30.9 Å². The first kappa shape index (κ1) is 21.3. The third kappa shape index (κ3) is 4.26. The number of amides is 1. The van der Waals surface area contributed by atoms with E-state index in [1.54, 1.807) is 30.5 Å². The molecule has 5 nitrogen and oxygen atoms in total. The highest BCUT2D eigenvalue weighted by molar-refractivity contribution is 8.02. The lowest BCUT2D eigenvalue weighted by molar-refractivity contribution is 0.0919. The molecule has 0 fully saturated rings. The Balaban J connectivity index is 1.74. The zero-order valence-corrected chi connectivity index (χ0v) is 17.0. The fourth-order valence-electron chi connectivity index (χ4n) is 2.68. The quantitative estimate of drug-likeness (QED) is 0.427. The molecule has 3 aromatic rings. The van der Waals surface area contributed by atoms with Crippen molar-refractivity contribution in [3.8, 4) is 6.07 Å². The maximum Gasteiger partial charge on any atom is 0.308 e. The molecule has 0 bridgehead atoms. The number of oxazole rings is 1. The number of allylic oxidation sites excluding steroid dienone is 2. The van der Waals surface area contributed by atoms with E-state index in [0.29, 0.717) is 11.1 Å². The van der Waals surface area contributed by atoms with Crippen molar-refractivity contribution in [2.24, 2.45) is 0 Å². The number of thioether (sulfide) groups is 1. The van der Waals surface area contributed by atoms with E-state index in [1.165, 1.54) is 36.9 Å². The van der Waals surface area contributed by atoms with E-state index in [9.17, 15) is 13.6 Å². The number of benzene rings is 2. The summed E-state index contributed by atoms with van der Waals surface area (Å²) in [6.45, 7) is 6.85. The van der Waals surface area contributed by atoms with Crippen molar-refractivity contribution >= 4 is 34.3 Å². The van der Waals surface area contributed by atoms with Crippen LogP contribution < -0.4 is 5.32 Å². The van der Waals surface area contributed by atoms with Gasteiger partial charge in [0.25, 0.3) is 5.89 Å². The van der Waals surface area contributed by atoms with Crippen LogP contribution in [0, 0.1) is 29.9 Å². The highest BCUT2D eigenvalue weighted by Gasteiger charge is 2.18. The summed E-state index contributed by atoms with van der Waals surface area (Å²) >= 11 is 1.18. The number of nitrogens with one attached hydrogen (secondary N) is 1. The number of para-hydroxylation sites is 1. The van der Waals surface area contributed by atoms with Crippen molar-refractivity contribution in [2.45, 2.75) is 19.2 Å².